The molecule has 12 heavy (non-hydrogen) atoms. The highest BCUT2D eigenvalue weighted by Crippen LogP contribution is 2.07. The second-order valence-electron chi connectivity index (χ2n) is 2.62. The van der Waals surface area contributed by atoms with Gasteiger partial charge in [-0.15, -0.1) is 0 Å². The minimum Gasteiger partial charge on any atom is -0.293 e. The largest absolute Gasteiger partial charge is 0.295 e. The summed E-state index contributed by atoms with van der Waals surface area (Å²) in [6.45, 7) is 0. The number of rotatable bonds is 7. The quantitative estimate of drug-likeness (QED) is 0.495. The van der Waals surface area contributed by atoms with Gasteiger partial charge in [0.15, 0.2) is 5.78 Å². The maximum absolute atomic E-state index is 11.6. The summed E-state index contributed by atoms with van der Waals surface area (Å²) in [4.78, 5) is 10.4. The predicted molar refractivity (Wildman–Crippen MR) is 47.9 cm³/mol. The van der Waals surface area contributed by atoms with Gasteiger partial charge in [0.25, 0.3) is 6.43 Å². The summed E-state index contributed by atoms with van der Waals surface area (Å²) in [5.74, 6) is -0.922. The van der Waals surface area contributed by atoms with Crippen molar-refractivity contribution in [2.45, 2.75) is 38.5 Å². The Morgan fingerprint density at radius 2 is 1.75 bits per heavy atom. The highest BCUT2D eigenvalue weighted by atomic mass is 79.9. The molecule has 1 nitrogen and oxygen atoms in total. The van der Waals surface area contributed by atoms with Crippen LogP contribution < -0.4 is 0 Å². The van der Waals surface area contributed by atoms with E-state index in [4.69, 9.17) is 0 Å². The molecule has 0 bridgehead atoms. The number of Topliss-reactive ketones (excluding diaryl/α,β-unsaturated/α-hetero) is 1. The molecule has 0 unspecified atom stereocenters. The molecule has 0 fully saturated rings. The Morgan fingerprint density at radius 3 is 2.25 bits per heavy atom. The van der Waals surface area contributed by atoms with Gasteiger partial charge in [0.2, 0.25) is 0 Å². The van der Waals surface area contributed by atoms with Crippen LogP contribution in [0.3, 0.4) is 0 Å². The Labute approximate surface area is 79.7 Å². The number of hydrogen-bond donors (Lipinski definition) is 0. The molecule has 0 atom stereocenters. The molecule has 0 aromatic heterocycles. The molecule has 0 radical (unpaired) electrons. The van der Waals surface area contributed by atoms with Crippen LogP contribution in [0.5, 0.6) is 0 Å². The van der Waals surface area contributed by atoms with E-state index >= 15 is 0 Å². The first kappa shape index (κ1) is 12.0. The van der Waals surface area contributed by atoms with E-state index in [0.29, 0.717) is 6.42 Å². The van der Waals surface area contributed by atoms with Crippen molar-refractivity contribution in [2.24, 2.45) is 0 Å². The fourth-order valence-electron chi connectivity index (χ4n) is 0.856. The fourth-order valence-corrected chi connectivity index (χ4v) is 1.25. The molecule has 72 valence electrons. The fraction of sp³-hybridized carbons (Fsp3) is 0.875. The summed E-state index contributed by atoms with van der Waals surface area (Å²) >= 11 is 3.27. The van der Waals surface area contributed by atoms with Crippen LogP contribution in [0, 0.1) is 0 Å². The first-order chi connectivity index (χ1) is 5.68. The van der Waals surface area contributed by atoms with Gasteiger partial charge in [-0.2, -0.15) is 0 Å². The van der Waals surface area contributed by atoms with Gasteiger partial charge in [0.1, 0.15) is 0 Å². The van der Waals surface area contributed by atoms with E-state index in [0.717, 1.165) is 24.6 Å². The van der Waals surface area contributed by atoms with Crippen LogP contribution >= 0.6 is 15.9 Å². The zero-order valence-corrected chi connectivity index (χ0v) is 8.45. The third-order valence-electron chi connectivity index (χ3n) is 1.55. The number of carbonyl (C=O) groups is 1. The molecule has 0 N–H and O–H groups in total. The van der Waals surface area contributed by atoms with E-state index in [-0.39, 0.29) is 6.42 Å². The maximum atomic E-state index is 11.6. The Hall–Kier alpha value is 0.01000. The van der Waals surface area contributed by atoms with Crippen molar-refractivity contribution in [1.29, 1.82) is 0 Å². The Kier molecular flexibility index (Phi) is 7.65. The smallest absolute Gasteiger partial charge is 0.293 e. The zero-order chi connectivity index (χ0) is 9.40. The molecule has 0 rings (SSSR count). The molecule has 0 aromatic rings. The van der Waals surface area contributed by atoms with Gasteiger partial charge in [-0.25, -0.2) is 8.78 Å². The zero-order valence-electron chi connectivity index (χ0n) is 6.86. The topological polar surface area (TPSA) is 17.1 Å². The molecule has 0 aliphatic rings. The summed E-state index contributed by atoms with van der Waals surface area (Å²) in [7, 11) is 0. The number of alkyl halides is 3. The lowest BCUT2D eigenvalue weighted by atomic mass is 10.1. The van der Waals surface area contributed by atoms with Crippen LogP contribution in [0.15, 0.2) is 0 Å². The number of ketones is 1. The van der Waals surface area contributed by atoms with Crippen LogP contribution in [-0.4, -0.2) is 17.5 Å². The van der Waals surface area contributed by atoms with Crippen molar-refractivity contribution >= 4 is 21.7 Å². The third-order valence-corrected chi connectivity index (χ3v) is 2.11. The van der Waals surface area contributed by atoms with E-state index in [2.05, 4.69) is 15.9 Å². The van der Waals surface area contributed by atoms with Gasteiger partial charge in [-0.05, 0) is 12.8 Å². The average Bonchev–Trinajstić information content (AvgIpc) is 2.03. The normalized spacial score (nSPS) is 10.7. The highest BCUT2D eigenvalue weighted by molar-refractivity contribution is 9.09. The van der Waals surface area contributed by atoms with Crippen molar-refractivity contribution in [3.05, 3.63) is 0 Å². The monoisotopic (exact) mass is 242 g/mol. The second kappa shape index (κ2) is 7.65. The van der Waals surface area contributed by atoms with Crippen molar-refractivity contribution in [2.75, 3.05) is 5.33 Å². The Bertz CT molecular complexity index is 128. The SMILES string of the molecule is O=C(CCCCCCBr)C(F)F. The summed E-state index contributed by atoms with van der Waals surface area (Å²) < 4.78 is 23.3. The minimum atomic E-state index is -2.78. The number of carbonyl (C=O) groups excluding carboxylic acids is 1. The first-order valence-electron chi connectivity index (χ1n) is 4.05. The molecular formula is C8H13BrF2O. The molecule has 0 spiro atoms. The van der Waals surface area contributed by atoms with Crippen molar-refractivity contribution < 1.29 is 13.6 Å². The Balaban J connectivity index is 3.14. The van der Waals surface area contributed by atoms with Crippen LogP contribution in [-0.2, 0) is 4.79 Å². The van der Waals surface area contributed by atoms with Gasteiger partial charge in [0, 0.05) is 11.8 Å². The summed E-state index contributed by atoms with van der Waals surface area (Å²) in [5, 5.41) is 0.940. The second-order valence-corrected chi connectivity index (χ2v) is 3.41. The third kappa shape index (κ3) is 6.70. The van der Waals surface area contributed by atoms with Gasteiger partial charge >= 0.3 is 0 Å². The molecule has 0 saturated carbocycles. The van der Waals surface area contributed by atoms with E-state index < -0.39 is 12.2 Å². The summed E-state index contributed by atoms with van der Waals surface area (Å²) in [6, 6.07) is 0. The highest BCUT2D eigenvalue weighted by Gasteiger charge is 2.13. The molecular weight excluding hydrogens is 230 g/mol. The van der Waals surface area contributed by atoms with Gasteiger partial charge in [-0.3, -0.25) is 4.79 Å². The van der Waals surface area contributed by atoms with Crippen molar-refractivity contribution in [3.8, 4) is 0 Å². The van der Waals surface area contributed by atoms with Crippen molar-refractivity contribution in [3.63, 3.8) is 0 Å². The lowest BCUT2D eigenvalue weighted by Crippen LogP contribution is -2.08. The molecule has 0 saturated heterocycles. The van der Waals surface area contributed by atoms with E-state index in [9.17, 15) is 13.6 Å². The lowest BCUT2D eigenvalue weighted by Gasteiger charge is -1.98. The van der Waals surface area contributed by atoms with E-state index in [1.165, 1.54) is 0 Å². The number of hydrogen-bond acceptors (Lipinski definition) is 1. The number of halogens is 3. The first-order valence-corrected chi connectivity index (χ1v) is 5.17. The van der Waals surface area contributed by atoms with Gasteiger partial charge in [-0.1, -0.05) is 28.8 Å². The number of unbranched alkanes of at least 4 members (excludes halogenated alkanes) is 3. The molecule has 0 amide bonds. The summed E-state index contributed by atoms with van der Waals surface area (Å²) in [6.07, 6.45) is 0.756. The van der Waals surface area contributed by atoms with Gasteiger partial charge in [0.05, 0.1) is 0 Å². The van der Waals surface area contributed by atoms with Crippen LogP contribution in [0.1, 0.15) is 32.1 Å². The maximum Gasteiger partial charge on any atom is 0.295 e. The van der Waals surface area contributed by atoms with Crippen molar-refractivity contribution in [1.82, 2.24) is 0 Å². The summed E-state index contributed by atoms with van der Waals surface area (Å²) in [5.41, 5.74) is 0. The molecule has 0 aliphatic heterocycles. The van der Waals surface area contributed by atoms with Gasteiger partial charge < -0.3 is 0 Å². The predicted octanol–water partition coefficient (Wildman–Crippen LogP) is 3.17. The van der Waals surface area contributed by atoms with Crippen LogP contribution in [0.2, 0.25) is 0 Å². The Morgan fingerprint density at radius 1 is 1.17 bits per heavy atom. The van der Waals surface area contributed by atoms with Crippen LogP contribution in [0.25, 0.3) is 0 Å². The lowest BCUT2D eigenvalue weighted by molar-refractivity contribution is -0.129. The molecule has 4 heteroatoms. The van der Waals surface area contributed by atoms with Crippen LogP contribution in [0.4, 0.5) is 8.78 Å². The minimum absolute atomic E-state index is 0.0277. The average molecular weight is 243 g/mol. The van der Waals surface area contributed by atoms with E-state index in [1.807, 2.05) is 0 Å². The standard InChI is InChI=1S/C8H13BrF2O/c9-6-4-2-1-3-5-7(12)8(10)11/h8H,1-6H2. The molecule has 0 aliphatic carbocycles. The molecule has 0 heterocycles. The van der Waals surface area contributed by atoms with E-state index in [1.54, 1.807) is 0 Å². The molecule has 0 aromatic carbocycles.